The lowest BCUT2D eigenvalue weighted by molar-refractivity contribution is -0.169. The third kappa shape index (κ3) is 3.54. The van der Waals surface area contributed by atoms with Crippen molar-refractivity contribution in [3.63, 3.8) is 0 Å². The molecule has 0 aromatic rings. The minimum absolute atomic E-state index is 0.0572. The minimum Gasteiger partial charge on any atom is -0.350 e. The second kappa shape index (κ2) is 5.75. The zero-order valence-electron chi connectivity index (χ0n) is 8.52. The van der Waals surface area contributed by atoms with Crippen LogP contribution in [0.15, 0.2) is 0 Å². The fraction of sp³-hybridized carbons (Fsp3) is 0.889. The fourth-order valence-electron chi connectivity index (χ4n) is 1.40. The van der Waals surface area contributed by atoms with Gasteiger partial charge in [-0.25, -0.2) is 8.78 Å². The predicted octanol–water partition coefficient (Wildman–Crippen LogP) is 2.15. The molecule has 0 radical (unpaired) electrons. The van der Waals surface area contributed by atoms with Crippen LogP contribution in [0.1, 0.15) is 12.8 Å². The summed E-state index contributed by atoms with van der Waals surface area (Å²) in [5.41, 5.74) is 0. The smallest absolute Gasteiger partial charge is 0.350 e. The summed E-state index contributed by atoms with van der Waals surface area (Å²) in [6.45, 7) is 0.0572. The standard InChI is InChI=1S/C9H13F4NOS/c10-7(11)9(12,13)8(15)14-5-6-1-3-16-4-2-6/h6-7H,1-5H2,(H,14,15). The Morgan fingerprint density at radius 1 is 1.38 bits per heavy atom. The van der Waals surface area contributed by atoms with Gasteiger partial charge in [0.2, 0.25) is 0 Å². The van der Waals surface area contributed by atoms with Gasteiger partial charge >= 0.3 is 12.3 Å². The summed E-state index contributed by atoms with van der Waals surface area (Å²) >= 11 is 1.76. The normalized spacial score (nSPS) is 18.8. The average molecular weight is 259 g/mol. The summed E-state index contributed by atoms with van der Waals surface area (Å²) in [4.78, 5) is 10.8. The molecule has 1 fully saturated rings. The van der Waals surface area contributed by atoms with E-state index in [2.05, 4.69) is 0 Å². The van der Waals surface area contributed by atoms with Gasteiger partial charge in [0.15, 0.2) is 0 Å². The van der Waals surface area contributed by atoms with Crippen LogP contribution in [-0.4, -0.2) is 36.3 Å². The quantitative estimate of drug-likeness (QED) is 0.784. The van der Waals surface area contributed by atoms with E-state index < -0.39 is 18.3 Å². The van der Waals surface area contributed by atoms with Gasteiger partial charge in [0.05, 0.1) is 0 Å². The molecular weight excluding hydrogens is 246 g/mol. The number of hydrogen-bond acceptors (Lipinski definition) is 2. The Morgan fingerprint density at radius 2 is 1.94 bits per heavy atom. The number of amides is 1. The van der Waals surface area contributed by atoms with Gasteiger partial charge in [0.25, 0.3) is 5.91 Å². The third-order valence-corrected chi connectivity index (χ3v) is 3.52. The van der Waals surface area contributed by atoms with Gasteiger partial charge in [-0.2, -0.15) is 20.5 Å². The number of hydrogen-bond donors (Lipinski definition) is 1. The first-order valence-corrected chi connectivity index (χ1v) is 6.12. The van der Waals surface area contributed by atoms with Crippen molar-refractivity contribution in [1.82, 2.24) is 5.32 Å². The van der Waals surface area contributed by atoms with Crippen LogP contribution in [0.4, 0.5) is 17.6 Å². The van der Waals surface area contributed by atoms with Crippen molar-refractivity contribution in [2.24, 2.45) is 5.92 Å². The van der Waals surface area contributed by atoms with E-state index in [9.17, 15) is 22.4 Å². The van der Waals surface area contributed by atoms with Gasteiger partial charge in [-0.15, -0.1) is 0 Å². The Labute approximate surface area is 95.1 Å². The highest BCUT2D eigenvalue weighted by Crippen LogP contribution is 2.24. The SMILES string of the molecule is O=C(NCC1CCSCC1)C(F)(F)C(F)F. The van der Waals surface area contributed by atoms with E-state index in [1.807, 2.05) is 5.32 Å². The Balaban J connectivity index is 2.34. The van der Waals surface area contributed by atoms with Crippen molar-refractivity contribution < 1.29 is 22.4 Å². The van der Waals surface area contributed by atoms with E-state index in [4.69, 9.17) is 0 Å². The zero-order valence-corrected chi connectivity index (χ0v) is 9.34. The molecule has 0 saturated carbocycles. The van der Waals surface area contributed by atoms with Crippen LogP contribution in [0, 0.1) is 5.92 Å². The lowest BCUT2D eigenvalue weighted by atomic mass is 10.0. The Morgan fingerprint density at radius 3 is 2.44 bits per heavy atom. The molecule has 7 heteroatoms. The second-order valence-corrected chi connectivity index (χ2v) is 4.91. The van der Waals surface area contributed by atoms with E-state index in [-0.39, 0.29) is 12.5 Å². The topological polar surface area (TPSA) is 29.1 Å². The van der Waals surface area contributed by atoms with Crippen LogP contribution >= 0.6 is 11.8 Å². The molecule has 16 heavy (non-hydrogen) atoms. The third-order valence-electron chi connectivity index (χ3n) is 2.47. The van der Waals surface area contributed by atoms with Crippen LogP contribution in [-0.2, 0) is 4.79 Å². The molecule has 1 amide bonds. The van der Waals surface area contributed by atoms with Crippen molar-refractivity contribution >= 4 is 17.7 Å². The summed E-state index contributed by atoms with van der Waals surface area (Å²) in [6.07, 6.45) is -2.30. The summed E-state index contributed by atoms with van der Waals surface area (Å²) < 4.78 is 48.7. The number of rotatable bonds is 4. The molecule has 0 aliphatic carbocycles. The molecule has 1 rings (SSSR count). The molecule has 94 valence electrons. The molecule has 0 aromatic heterocycles. The first kappa shape index (κ1) is 13.6. The minimum atomic E-state index is -4.58. The highest BCUT2D eigenvalue weighted by atomic mass is 32.2. The zero-order chi connectivity index (χ0) is 12.2. The molecule has 1 heterocycles. The average Bonchev–Trinajstić information content (AvgIpc) is 2.27. The van der Waals surface area contributed by atoms with Gasteiger partial charge in [-0.1, -0.05) is 0 Å². The Bertz CT molecular complexity index is 244. The summed E-state index contributed by atoms with van der Waals surface area (Å²) in [7, 11) is 0. The van der Waals surface area contributed by atoms with Gasteiger partial charge in [0, 0.05) is 6.54 Å². The molecule has 0 aromatic carbocycles. The predicted molar refractivity (Wildman–Crippen MR) is 54.0 cm³/mol. The summed E-state index contributed by atoms with van der Waals surface area (Å²) in [6, 6.07) is 0. The summed E-state index contributed by atoms with van der Waals surface area (Å²) in [5.74, 6) is -4.49. The monoisotopic (exact) mass is 259 g/mol. The van der Waals surface area contributed by atoms with Crippen molar-refractivity contribution in [3.05, 3.63) is 0 Å². The number of alkyl halides is 4. The van der Waals surface area contributed by atoms with Crippen LogP contribution in [0.2, 0.25) is 0 Å². The van der Waals surface area contributed by atoms with E-state index in [0.29, 0.717) is 0 Å². The highest BCUT2D eigenvalue weighted by Gasteiger charge is 2.48. The lowest BCUT2D eigenvalue weighted by Gasteiger charge is -2.22. The van der Waals surface area contributed by atoms with Gasteiger partial charge in [-0.3, -0.25) is 4.79 Å². The Hall–Kier alpha value is -0.460. The Kier molecular flexibility index (Phi) is 4.89. The molecular formula is C9H13F4NOS. The molecule has 0 spiro atoms. The first-order valence-electron chi connectivity index (χ1n) is 4.96. The van der Waals surface area contributed by atoms with Crippen LogP contribution < -0.4 is 5.32 Å². The largest absolute Gasteiger partial charge is 0.383 e. The summed E-state index contributed by atoms with van der Waals surface area (Å²) in [5, 5.41) is 1.90. The molecule has 1 aliphatic rings. The molecule has 1 aliphatic heterocycles. The number of nitrogens with one attached hydrogen (secondary N) is 1. The van der Waals surface area contributed by atoms with Gasteiger partial charge in [-0.05, 0) is 30.3 Å². The molecule has 1 saturated heterocycles. The maximum absolute atomic E-state index is 12.5. The number of halogens is 4. The van der Waals surface area contributed by atoms with E-state index in [1.165, 1.54) is 0 Å². The van der Waals surface area contributed by atoms with Crippen molar-refractivity contribution in [3.8, 4) is 0 Å². The first-order chi connectivity index (χ1) is 7.44. The second-order valence-electron chi connectivity index (χ2n) is 3.69. The van der Waals surface area contributed by atoms with Crippen molar-refractivity contribution in [2.45, 2.75) is 25.2 Å². The molecule has 0 atom stereocenters. The molecule has 0 unspecified atom stereocenters. The van der Waals surface area contributed by atoms with Crippen molar-refractivity contribution in [2.75, 3.05) is 18.1 Å². The maximum atomic E-state index is 12.5. The molecule has 2 nitrogen and oxygen atoms in total. The molecule has 1 N–H and O–H groups in total. The van der Waals surface area contributed by atoms with Crippen LogP contribution in [0.5, 0.6) is 0 Å². The number of thioether (sulfide) groups is 1. The van der Waals surface area contributed by atoms with Gasteiger partial charge in [0.1, 0.15) is 0 Å². The maximum Gasteiger partial charge on any atom is 0.383 e. The van der Waals surface area contributed by atoms with Crippen LogP contribution in [0.25, 0.3) is 0 Å². The van der Waals surface area contributed by atoms with E-state index in [1.54, 1.807) is 11.8 Å². The van der Waals surface area contributed by atoms with Crippen molar-refractivity contribution in [1.29, 1.82) is 0 Å². The lowest BCUT2D eigenvalue weighted by Crippen LogP contribution is -2.46. The number of carbonyl (C=O) groups is 1. The fourth-order valence-corrected chi connectivity index (χ4v) is 2.61. The van der Waals surface area contributed by atoms with Gasteiger partial charge < -0.3 is 5.32 Å². The molecule has 0 bridgehead atoms. The highest BCUT2D eigenvalue weighted by molar-refractivity contribution is 7.99. The van der Waals surface area contributed by atoms with Crippen LogP contribution in [0.3, 0.4) is 0 Å². The van der Waals surface area contributed by atoms with E-state index in [0.717, 1.165) is 24.3 Å². The van der Waals surface area contributed by atoms with E-state index >= 15 is 0 Å². The number of carbonyl (C=O) groups excluding carboxylic acids is 1.